The Bertz CT molecular complexity index is 61.4. The zero-order valence-corrected chi connectivity index (χ0v) is 7.94. The molecule has 0 saturated heterocycles. The highest BCUT2D eigenvalue weighted by atomic mass is 79.9. The third-order valence-corrected chi connectivity index (χ3v) is 2.41. The van der Waals surface area contributed by atoms with Gasteiger partial charge in [-0.25, -0.2) is 0 Å². The van der Waals surface area contributed by atoms with E-state index in [9.17, 15) is 0 Å². The molecule has 0 aliphatic heterocycles. The molecular weight excluding hydrogens is 234 g/mol. The molecule has 0 spiro atoms. The van der Waals surface area contributed by atoms with Gasteiger partial charge in [0.1, 0.15) is 0 Å². The van der Waals surface area contributed by atoms with Crippen molar-refractivity contribution < 1.29 is 0 Å². The Morgan fingerprint density at radius 2 is 2.00 bits per heavy atom. The summed E-state index contributed by atoms with van der Waals surface area (Å²) in [5.74, 6) is 0.884. The van der Waals surface area contributed by atoms with Crippen LogP contribution >= 0.6 is 32.9 Å². The van der Waals surface area contributed by atoms with Crippen LogP contribution in [0.3, 0.4) is 0 Å². The summed E-state index contributed by atoms with van der Waals surface area (Å²) in [5, 5.41) is 1.14. The molecule has 1 fully saturated rings. The lowest BCUT2D eigenvalue weighted by Gasteiger charge is -2.30. The maximum absolute atomic E-state index is 5.52. The minimum absolute atomic E-state index is 0. The first kappa shape index (κ1) is 8.92. The van der Waals surface area contributed by atoms with Crippen LogP contribution in [0.25, 0.3) is 0 Å². The second-order valence-electron chi connectivity index (χ2n) is 2.25. The molecular formula is C5H11Br2N. The number of halogens is 2. The molecule has 1 aliphatic carbocycles. The van der Waals surface area contributed by atoms with Crippen LogP contribution in [-0.2, 0) is 0 Å². The first-order valence-electron chi connectivity index (χ1n) is 2.64. The predicted octanol–water partition coefficient (Wildman–Crippen LogP) is 1.70. The highest BCUT2D eigenvalue weighted by Gasteiger charge is 2.23. The van der Waals surface area contributed by atoms with E-state index in [2.05, 4.69) is 15.9 Å². The van der Waals surface area contributed by atoms with Gasteiger partial charge in [-0.15, -0.1) is 17.0 Å². The lowest BCUT2D eigenvalue weighted by atomic mass is 9.83. The SMILES string of the molecule is Br.NC1CC(CBr)C1. The number of alkyl halides is 1. The summed E-state index contributed by atoms with van der Waals surface area (Å²) >= 11 is 3.40. The molecule has 0 bridgehead atoms. The summed E-state index contributed by atoms with van der Waals surface area (Å²) in [6.45, 7) is 0. The minimum atomic E-state index is 0. The fraction of sp³-hybridized carbons (Fsp3) is 1.00. The third-order valence-electron chi connectivity index (χ3n) is 1.49. The molecule has 3 heteroatoms. The standard InChI is InChI=1S/C5H10BrN.BrH/c6-3-4-1-5(7)2-4;/h4-5H,1-3,7H2;1H. The van der Waals surface area contributed by atoms with E-state index in [-0.39, 0.29) is 17.0 Å². The monoisotopic (exact) mass is 243 g/mol. The molecule has 0 unspecified atom stereocenters. The van der Waals surface area contributed by atoms with E-state index in [1.165, 1.54) is 12.8 Å². The number of rotatable bonds is 1. The van der Waals surface area contributed by atoms with Crippen molar-refractivity contribution in [1.29, 1.82) is 0 Å². The van der Waals surface area contributed by atoms with Crippen LogP contribution in [0.2, 0.25) is 0 Å². The van der Waals surface area contributed by atoms with E-state index in [0.29, 0.717) is 6.04 Å². The van der Waals surface area contributed by atoms with Crippen LogP contribution in [0, 0.1) is 5.92 Å². The second-order valence-corrected chi connectivity index (χ2v) is 2.90. The predicted molar refractivity (Wildman–Crippen MR) is 44.8 cm³/mol. The molecule has 0 radical (unpaired) electrons. The van der Waals surface area contributed by atoms with Crippen LogP contribution in [0.4, 0.5) is 0 Å². The molecule has 1 saturated carbocycles. The molecule has 0 heterocycles. The van der Waals surface area contributed by atoms with Crippen molar-refractivity contribution in [1.82, 2.24) is 0 Å². The Balaban J connectivity index is 0.000000490. The quantitative estimate of drug-likeness (QED) is 0.699. The zero-order valence-electron chi connectivity index (χ0n) is 4.64. The van der Waals surface area contributed by atoms with E-state index in [1.54, 1.807) is 0 Å². The zero-order chi connectivity index (χ0) is 5.28. The molecule has 50 valence electrons. The summed E-state index contributed by atoms with van der Waals surface area (Å²) in [6.07, 6.45) is 2.45. The van der Waals surface area contributed by atoms with Crippen LogP contribution in [0.15, 0.2) is 0 Å². The van der Waals surface area contributed by atoms with Crippen molar-refractivity contribution in [3.05, 3.63) is 0 Å². The Hall–Kier alpha value is 0.920. The Labute approximate surface area is 68.9 Å². The van der Waals surface area contributed by atoms with Gasteiger partial charge in [0, 0.05) is 11.4 Å². The van der Waals surface area contributed by atoms with Crippen molar-refractivity contribution in [3.8, 4) is 0 Å². The van der Waals surface area contributed by atoms with Crippen LogP contribution in [0.5, 0.6) is 0 Å². The molecule has 8 heavy (non-hydrogen) atoms. The molecule has 1 rings (SSSR count). The van der Waals surface area contributed by atoms with Gasteiger partial charge in [0.2, 0.25) is 0 Å². The van der Waals surface area contributed by atoms with Crippen molar-refractivity contribution in [2.45, 2.75) is 18.9 Å². The Morgan fingerprint density at radius 1 is 1.50 bits per heavy atom. The van der Waals surface area contributed by atoms with Gasteiger partial charge in [0.25, 0.3) is 0 Å². The van der Waals surface area contributed by atoms with E-state index >= 15 is 0 Å². The lowest BCUT2D eigenvalue weighted by molar-refractivity contribution is 0.297. The summed E-state index contributed by atoms with van der Waals surface area (Å²) in [4.78, 5) is 0. The number of hydrogen-bond acceptors (Lipinski definition) is 1. The van der Waals surface area contributed by atoms with E-state index in [1.807, 2.05) is 0 Å². The highest BCUT2D eigenvalue weighted by Crippen LogP contribution is 2.26. The number of nitrogens with two attached hydrogens (primary N) is 1. The minimum Gasteiger partial charge on any atom is -0.328 e. The molecule has 0 aromatic heterocycles. The second kappa shape index (κ2) is 3.85. The topological polar surface area (TPSA) is 26.0 Å². The van der Waals surface area contributed by atoms with Crippen molar-refractivity contribution in [2.24, 2.45) is 11.7 Å². The average molecular weight is 245 g/mol. The molecule has 0 aromatic carbocycles. The van der Waals surface area contributed by atoms with Gasteiger partial charge < -0.3 is 5.73 Å². The Morgan fingerprint density at radius 3 is 2.12 bits per heavy atom. The van der Waals surface area contributed by atoms with Crippen LogP contribution in [-0.4, -0.2) is 11.4 Å². The third kappa shape index (κ3) is 2.03. The van der Waals surface area contributed by atoms with E-state index < -0.39 is 0 Å². The summed E-state index contributed by atoms with van der Waals surface area (Å²) in [6, 6.07) is 0.516. The maximum atomic E-state index is 5.52. The average Bonchev–Trinajstić information content (AvgIpc) is 1.58. The molecule has 0 amide bonds. The molecule has 0 atom stereocenters. The van der Waals surface area contributed by atoms with Gasteiger partial charge in [0.15, 0.2) is 0 Å². The normalized spacial score (nSPS) is 35.2. The van der Waals surface area contributed by atoms with Gasteiger partial charge in [-0.2, -0.15) is 0 Å². The molecule has 0 aromatic rings. The van der Waals surface area contributed by atoms with E-state index in [0.717, 1.165) is 11.2 Å². The van der Waals surface area contributed by atoms with E-state index in [4.69, 9.17) is 5.73 Å². The lowest BCUT2D eigenvalue weighted by Crippen LogP contribution is -2.36. The summed E-state index contributed by atoms with van der Waals surface area (Å²) < 4.78 is 0. The Kier molecular flexibility index (Phi) is 4.30. The first-order chi connectivity index (χ1) is 3.33. The van der Waals surface area contributed by atoms with Gasteiger partial charge in [-0.3, -0.25) is 0 Å². The fourth-order valence-electron chi connectivity index (χ4n) is 0.913. The van der Waals surface area contributed by atoms with Gasteiger partial charge in [-0.1, -0.05) is 15.9 Å². The largest absolute Gasteiger partial charge is 0.328 e. The summed E-state index contributed by atoms with van der Waals surface area (Å²) in [5.41, 5.74) is 5.52. The number of hydrogen-bond donors (Lipinski definition) is 1. The summed E-state index contributed by atoms with van der Waals surface area (Å²) in [7, 11) is 0. The van der Waals surface area contributed by atoms with Crippen molar-refractivity contribution >= 4 is 32.9 Å². The maximum Gasteiger partial charge on any atom is 0.00608 e. The smallest absolute Gasteiger partial charge is 0.00608 e. The van der Waals surface area contributed by atoms with Gasteiger partial charge >= 0.3 is 0 Å². The van der Waals surface area contributed by atoms with Crippen LogP contribution in [0.1, 0.15) is 12.8 Å². The van der Waals surface area contributed by atoms with Gasteiger partial charge in [0.05, 0.1) is 0 Å². The van der Waals surface area contributed by atoms with Crippen LogP contribution < -0.4 is 5.73 Å². The molecule has 1 nitrogen and oxygen atoms in total. The molecule has 2 N–H and O–H groups in total. The first-order valence-corrected chi connectivity index (χ1v) is 3.76. The highest BCUT2D eigenvalue weighted by molar-refractivity contribution is 9.09. The van der Waals surface area contributed by atoms with Crippen molar-refractivity contribution in [3.63, 3.8) is 0 Å². The van der Waals surface area contributed by atoms with Gasteiger partial charge in [-0.05, 0) is 18.8 Å². The molecule has 1 aliphatic rings. The fourth-order valence-corrected chi connectivity index (χ4v) is 1.44. The van der Waals surface area contributed by atoms with Crippen molar-refractivity contribution in [2.75, 3.05) is 5.33 Å².